The summed E-state index contributed by atoms with van der Waals surface area (Å²) in [6.07, 6.45) is 3.82. The number of rotatable bonds is 3. The number of anilines is 2. The summed E-state index contributed by atoms with van der Waals surface area (Å²) >= 11 is 0. The summed E-state index contributed by atoms with van der Waals surface area (Å²) in [6.45, 7) is 6.29. The van der Waals surface area contributed by atoms with E-state index in [0.717, 1.165) is 11.4 Å². The lowest BCUT2D eigenvalue weighted by Crippen LogP contribution is -1.97. The van der Waals surface area contributed by atoms with Crippen LogP contribution in [-0.2, 0) is 0 Å². The van der Waals surface area contributed by atoms with Crippen molar-refractivity contribution in [2.24, 2.45) is 0 Å². The molecule has 14 heavy (non-hydrogen) atoms. The first-order valence-corrected chi connectivity index (χ1v) is 4.92. The third kappa shape index (κ3) is 2.52. The highest BCUT2D eigenvalue weighted by Crippen LogP contribution is 2.24. The summed E-state index contributed by atoms with van der Waals surface area (Å²) < 4.78 is 0. The van der Waals surface area contributed by atoms with Crippen LogP contribution in [0.2, 0.25) is 0 Å². The monoisotopic (exact) mass is 190 g/mol. The molecule has 76 valence electrons. The van der Waals surface area contributed by atoms with Crippen molar-refractivity contribution in [2.75, 3.05) is 11.1 Å². The summed E-state index contributed by atoms with van der Waals surface area (Å²) in [4.78, 5) is 0. The average molecular weight is 190 g/mol. The van der Waals surface area contributed by atoms with E-state index >= 15 is 0 Å². The van der Waals surface area contributed by atoms with Crippen LogP contribution in [0.5, 0.6) is 0 Å². The maximum Gasteiger partial charge on any atom is 0.0613 e. The molecule has 0 aliphatic rings. The molecule has 1 aromatic rings. The standard InChI is InChI=1S/C12H18N2/c1-4-7-14-12-6-5-10(9(2)3)8-11(12)13/h4-9,14H,13H2,1-3H3/b7-4-. The fourth-order valence-corrected chi connectivity index (χ4v) is 1.24. The van der Waals surface area contributed by atoms with Crippen LogP contribution in [0.4, 0.5) is 11.4 Å². The second-order valence-electron chi connectivity index (χ2n) is 3.65. The van der Waals surface area contributed by atoms with E-state index in [1.54, 1.807) is 0 Å². The van der Waals surface area contributed by atoms with E-state index in [0.29, 0.717) is 5.92 Å². The number of hydrogen-bond acceptors (Lipinski definition) is 2. The third-order valence-corrected chi connectivity index (χ3v) is 2.15. The van der Waals surface area contributed by atoms with Gasteiger partial charge in [0.15, 0.2) is 0 Å². The molecule has 0 bridgehead atoms. The Balaban J connectivity index is 2.89. The molecule has 0 spiro atoms. The minimum atomic E-state index is 0.521. The Labute approximate surface area is 85.8 Å². The zero-order chi connectivity index (χ0) is 10.6. The molecule has 0 fully saturated rings. The van der Waals surface area contributed by atoms with Crippen LogP contribution in [-0.4, -0.2) is 0 Å². The molecular formula is C12H18N2. The van der Waals surface area contributed by atoms with Crippen molar-refractivity contribution in [3.8, 4) is 0 Å². The topological polar surface area (TPSA) is 38.0 Å². The van der Waals surface area contributed by atoms with Crippen molar-refractivity contribution in [1.29, 1.82) is 0 Å². The number of nitrogens with one attached hydrogen (secondary N) is 1. The van der Waals surface area contributed by atoms with E-state index in [-0.39, 0.29) is 0 Å². The molecule has 2 nitrogen and oxygen atoms in total. The first kappa shape index (κ1) is 10.6. The summed E-state index contributed by atoms with van der Waals surface area (Å²) in [5.41, 5.74) is 8.94. The van der Waals surface area contributed by atoms with Crippen LogP contribution in [0.3, 0.4) is 0 Å². The molecule has 1 rings (SSSR count). The molecule has 0 saturated carbocycles. The van der Waals surface area contributed by atoms with Crippen LogP contribution < -0.4 is 11.1 Å². The van der Waals surface area contributed by atoms with Crippen molar-refractivity contribution in [1.82, 2.24) is 0 Å². The van der Waals surface area contributed by atoms with Gasteiger partial charge >= 0.3 is 0 Å². The summed E-state index contributed by atoms with van der Waals surface area (Å²) in [6, 6.07) is 6.15. The van der Waals surface area contributed by atoms with Crippen molar-refractivity contribution < 1.29 is 0 Å². The van der Waals surface area contributed by atoms with Gasteiger partial charge in [0.05, 0.1) is 11.4 Å². The lowest BCUT2D eigenvalue weighted by Gasteiger charge is -2.10. The van der Waals surface area contributed by atoms with Gasteiger partial charge in [0.25, 0.3) is 0 Å². The minimum absolute atomic E-state index is 0.521. The lowest BCUT2D eigenvalue weighted by molar-refractivity contribution is 0.867. The van der Waals surface area contributed by atoms with E-state index in [2.05, 4.69) is 25.2 Å². The molecule has 1 aromatic carbocycles. The highest BCUT2D eigenvalue weighted by atomic mass is 14.9. The molecular weight excluding hydrogens is 172 g/mol. The largest absolute Gasteiger partial charge is 0.397 e. The summed E-state index contributed by atoms with van der Waals surface area (Å²) in [5, 5.41) is 3.12. The Kier molecular flexibility index (Phi) is 3.57. The van der Waals surface area contributed by atoms with E-state index < -0.39 is 0 Å². The Hall–Kier alpha value is -1.44. The normalized spacial score (nSPS) is 11.1. The van der Waals surface area contributed by atoms with Gasteiger partial charge in [-0.1, -0.05) is 26.0 Å². The molecule has 0 radical (unpaired) electrons. The van der Waals surface area contributed by atoms with Crippen molar-refractivity contribution in [3.05, 3.63) is 36.0 Å². The molecule has 0 atom stereocenters. The SMILES string of the molecule is C/C=C\Nc1ccc(C(C)C)cc1N. The van der Waals surface area contributed by atoms with Gasteiger partial charge in [0.2, 0.25) is 0 Å². The predicted molar refractivity (Wildman–Crippen MR) is 63.4 cm³/mol. The highest BCUT2D eigenvalue weighted by molar-refractivity contribution is 5.68. The lowest BCUT2D eigenvalue weighted by atomic mass is 10.0. The number of hydrogen-bond donors (Lipinski definition) is 2. The van der Waals surface area contributed by atoms with Crippen LogP contribution in [0.15, 0.2) is 30.5 Å². The Bertz CT molecular complexity index is 327. The van der Waals surface area contributed by atoms with Crippen LogP contribution in [0.1, 0.15) is 32.3 Å². The smallest absolute Gasteiger partial charge is 0.0613 e. The molecule has 0 unspecified atom stereocenters. The molecule has 3 N–H and O–H groups in total. The van der Waals surface area contributed by atoms with Crippen LogP contribution in [0, 0.1) is 0 Å². The van der Waals surface area contributed by atoms with Crippen molar-refractivity contribution in [2.45, 2.75) is 26.7 Å². The van der Waals surface area contributed by atoms with Gasteiger partial charge < -0.3 is 11.1 Å². The summed E-state index contributed by atoms with van der Waals surface area (Å²) in [7, 11) is 0. The summed E-state index contributed by atoms with van der Waals surface area (Å²) in [5.74, 6) is 0.521. The maximum atomic E-state index is 5.90. The Morgan fingerprint density at radius 3 is 2.57 bits per heavy atom. The minimum Gasteiger partial charge on any atom is -0.397 e. The van der Waals surface area contributed by atoms with E-state index in [1.807, 2.05) is 31.3 Å². The molecule has 0 aliphatic heterocycles. The number of allylic oxidation sites excluding steroid dienone is 1. The van der Waals surface area contributed by atoms with E-state index in [1.165, 1.54) is 5.56 Å². The second kappa shape index (κ2) is 4.70. The molecule has 0 aromatic heterocycles. The fraction of sp³-hybridized carbons (Fsp3) is 0.333. The molecule has 0 aliphatic carbocycles. The quantitative estimate of drug-likeness (QED) is 0.717. The Morgan fingerprint density at radius 1 is 1.36 bits per heavy atom. The molecule has 2 heteroatoms. The van der Waals surface area contributed by atoms with Gasteiger partial charge in [0, 0.05) is 0 Å². The van der Waals surface area contributed by atoms with Gasteiger partial charge in [-0.25, -0.2) is 0 Å². The zero-order valence-corrected chi connectivity index (χ0v) is 9.04. The van der Waals surface area contributed by atoms with E-state index in [4.69, 9.17) is 5.73 Å². The number of nitrogens with two attached hydrogens (primary N) is 1. The number of nitrogen functional groups attached to an aromatic ring is 1. The van der Waals surface area contributed by atoms with Gasteiger partial charge in [-0.2, -0.15) is 0 Å². The fourth-order valence-electron chi connectivity index (χ4n) is 1.24. The first-order chi connectivity index (χ1) is 6.65. The second-order valence-corrected chi connectivity index (χ2v) is 3.65. The van der Waals surface area contributed by atoms with Gasteiger partial charge in [-0.15, -0.1) is 0 Å². The van der Waals surface area contributed by atoms with Crippen molar-refractivity contribution >= 4 is 11.4 Å². The average Bonchev–Trinajstić information content (AvgIpc) is 2.15. The zero-order valence-electron chi connectivity index (χ0n) is 9.04. The predicted octanol–water partition coefficient (Wildman–Crippen LogP) is 3.34. The van der Waals surface area contributed by atoms with E-state index in [9.17, 15) is 0 Å². The molecule has 0 amide bonds. The van der Waals surface area contributed by atoms with Crippen LogP contribution >= 0.6 is 0 Å². The molecule has 0 heterocycles. The number of benzene rings is 1. The van der Waals surface area contributed by atoms with Gasteiger partial charge in [-0.05, 0) is 36.7 Å². The van der Waals surface area contributed by atoms with Crippen LogP contribution in [0.25, 0.3) is 0 Å². The molecule has 0 saturated heterocycles. The van der Waals surface area contributed by atoms with Gasteiger partial charge in [0.1, 0.15) is 0 Å². The van der Waals surface area contributed by atoms with Gasteiger partial charge in [-0.3, -0.25) is 0 Å². The Morgan fingerprint density at radius 2 is 2.07 bits per heavy atom. The third-order valence-electron chi connectivity index (χ3n) is 2.15. The highest BCUT2D eigenvalue weighted by Gasteiger charge is 2.02. The first-order valence-electron chi connectivity index (χ1n) is 4.92. The maximum absolute atomic E-state index is 5.90. The van der Waals surface area contributed by atoms with Crippen molar-refractivity contribution in [3.63, 3.8) is 0 Å².